The fourth-order valence-electron chi connectivity index (χ4n) is 2.68. The highest BCUT2D eigenvalue weighted by molar-refractivity contribution is 7.14. The Bertz CT molecular complexity index is 1060. The van der Waals surface area contributed by atoms with Crippen molar-refractivity contribution in [1.29, 1.82) is 0 Å². The first kappa shape index (κ1) is 17.5. The molecule has 0 bridgehead atoms. The van der Waals surface area contributed by atoms with Crippen LogP contribution in [0, 0.1) is 6.92 Å². The minimum absolute atomic E-state index is 0.221. The Morgan fingerprint density at radius 3 is 2.48 bits per heavy atom. The number of aryl methyl sites for hydroxylation is 1. The van der Waals surface area contributed by atoms with Crippen molar-refractivity contribution in [3.05, 3.63) is 81.7 Å². The van der Waals surface area contributed by atoms with Gasteiger partial charge in [-0.15, -0.1) is 16.4 Å². The molecule has 27 heavy (non-hydrogen) atoms. The Morgan fingerprint density at radius 1 is 1.04 bits per heavy atom. The molecule has 2 aromatic heterocycles. The Labute approximate surface area is 164 Å². The molecule has 0 aliphatic rings. The summed E-state index contributed by atoms with van der Waals surface area (Å²) in [6.07, 6.45) is 0.904. The summed E-state index contributed by atoms with van der Waals surface area (Å²) in [5, 5.41) is 9.19. The summed E-state index contributed by atoms with van der Waals surface area (Å²) in [6, 6.07) is 18.8. The summed E-state index contributed by atoms with van der Waals surface area (Å²) in [4.78, 5) is 17.3. The average molecular weight is 393 g/mol. The van der Waals surface area contributed by atoms with E-state index in [4.69, 9.17) is 0 Å². The number of hydrogen-bond donors (Lipinski definition) is 1. The predicted molar refractivity (Wildman–Crippen MR) is 109 cm³/mol. The molecule has 0 unspecified atom stereocenters. The molecule has 0 spiro atoms. The molecule has 2 aromatic carbocycles. The summed E-state index contributed by atoms with van der Waals surface area (Å²) in [5.74, 6) is -0.221. The molecule has 4 aromatic rings. The largest absolute Gasteiger partial charge is 0.297 e. The zero-order valence-corrected chi connectivity index (χ0v) is 16.2. The van der Waals surface area contributed by atoms with Crippen molar-refractivity contribution in [3.63, 3.8) is 0 Å². The summed E-state index contributed by atoms with van der Waals surface area (Å²) < 4.78 is 3.79. The van der Waals surface area contributed by atoms with Gasteiger partial charge in [0.15, 0.2) is 5.13 Å². The van der Waals surface area contributed by atoms with Gasteiger partial charge in [0.25, 0.3) is 5.91 Å². The SMILES string of the molecule is Cc1nnsc1C(=O)Nc1nc(-c2ccc(Cc3ccccc3)cc2)cs1. The molecule has 1 amide bonds. The third kappa shape index (κ3) is 4.10. The van der Waals surface area contributed by atoms with E-state index in [1.807, 2.05) is 11.4 Å². The fourth-order valence-corrected chi connectivity index (χ4v) is 3.95. The quantitative estimate of drug-likeness (QED) is 0.529. The van der Waals surface area contributed by atoms with Gasteiger partial charge >= 0.3 is 0 Å². The van der Waals surface area contributed by atoms with Gasteiger partial charge in [-0.05, 0) is 36.0 Å². The van der Waals surface area contributed by atoms with Crippen molar-refractivity contribution in [1.82, 2.24) is 14.6 Å². The number of hydrogen-bond acceptors (Lipinski definition) is 6. The molecule has 134 valence electrons. The van der Waals surface area contributed by atoms with E-state index >= 15 is 0 Å². The second-order valence-corrected chi connectivity index (χ2v) is 7.65. The van der Waals surface area contributed by atoms with Gasteiger partial charge in [-0.3, -0.25) is 10.1 Å². The fraction of sp³-hybridized carbons (Fsp3) is 0.100. The second kappa shape index (κ2) is 7.77. The van der Waals surface area contributed by atoms with Gasteiger partial charge in [-0.1, -0.05) is 59.1 Å². The van der Waals surface area contributed by atoms with E-state index in [1.165, 1.54) is 22.5 Å². The van der Waals surface area contributed by atoms with E-state index in [1.54, 1.807) is 6.92 Å². The minimum atomic E-state index is -0.221. The van der Waals surface area contributed by atoms with E-state index in [2.05, 4.69) is 68.4 Å². The van der Waals surface area contributed by atoms with Gasteiger partial charge in [0, 0.05) is 10.9 Å². The van der Waals surface area contributed by atoms with Gasteiger partial charge in [-0.25, -0.2) is 4.98 Å². The topological polar surface area (TPSA) is 67.8 Å². The Morgan fingerprint density at radius 2 is 1.78 bits per heavy atom. The molecular formula is C20H16N4OS2. The number of nitrogens with zero attached hydrogens (tertiary/aromatic N) is 3. The van der Waals surface area contributed by atoms with Crippen LogP contribution >= 0.6 is 22.9 Å². The number of carbonyl (C=O) groups is 1. The van der Waals surface area contributed by atoms with Gasteiger partial charge in [0.2, 0.25) is 0 Å². The van der Waals surface area contributed by atoms with Crippen LogP contribution < -0.4 is 5.32 Å². The van der Waals surface area contributed by atoms with Crippen molar-refractivity contribution in [2.45, 2.75) is 13.3 Å². The second-order valence-electron chi connectivity index (χ2n) is 6.04. The van der Waals surface area contributed by atoms with Crippen LogP contribution in [0.5, 0.6) is 0 Å². The highest BCUT2D eigenvalue weighted by atomic mass is 32.1. The molecule has 7 heteroatoms. The van der Waals surface area contributed by atoms with Crippen LogP contribution in [0.1, 0.15) is 26.5 Å². The van der Waals surface area contributed by atoms with Crippen molar-refractivity contribution < 1.29 is 4.79 Å². The van der Waals surface area contributed by atoms with Crippen LogP contribution in [-0.2, 0) is 6.42 Å². The first-order valence-electron chi connectivity index (χ1n) is 8.38. The third-order valence-electron chi connectivity index (χ3n) is 4.08. The highest BCUT2D eigenvalue weighted by Gasteiger charge is 2.15. The molecule has 4 rings (SSSR count). The Hall–Kier alpha value is -2.90. The van der Waals surface area contributed by atoms with E-state index in [0.717, 1.165) is 29.2 Å². The summed E-state index contributed by atoms with van der Waals surface area (Å²) in [5.41, 5.74) is 5.04. The van der Waals surface area contributed by atoms with Crippen LogP contribution in [-0.4, -0.2) is 20.5 Å². The predicted octanol–water partition coefficient (Wildman–Crippen LogP) is 4.81. The number of benzene rings is 2. The van der Waals surface area contributed by atoms with Crippen molar-refractivity contribution in [3.8, 4) is 11.3 Å². The Kier molecular flexibility index (Phi) is 5.04. The maximum Gasteiger partial charge on any atom is 0.271 e. The number of amides is 1. The van der Waals surface area contributed by atoms with Crippen LogP contribution in [0.3, 0.4) is 0 Å². The molecule has 2 heterocycles. The van der Waals surface area contributed by atoms with Gasteiger partial charge < -0.3 is 0 Å². The maximum atomic E-state index is 12.2. The molecule has 0 fully saturated rings. The number of nitrogens with one attached hydrogen (secondary N) is 1. The molecule has 1 N–H and O–H groups in total. The summed E-state index contributed by atoms with van der Waals surface area (Å²) in [7, 11) is 0. The lowest BCUT2D eigenvalue weighted by Crippen LogP contribution is -2.11. The molecule has 0 saturated carbocycles. The van der Waals surface area contributed by atoms with Crippen LogP contribution in [0.4, 0.5) is 5.13 Å². The molecule has 0 aliphatic carbocycles. The highest BCUT2D eigenvalue weighted by Crippen LogP contribution is 2.26. The lowest BCUT2D eigenvalue weighted by molar-refractivity contribution is 0.103. The van der Waals surface area contributed by atoms with Gasteiger partial charge in [-0.2, -0.15) is 0 Å². The molecule has 0 aliphatic heterocycles. The zero-order valence-electron chi connectivity index (χ0n) is 14.5. The van der Waals surface area contributed by atoms with Gasteiger partial charge in [0.05, 0.1) is 11.4 Å². The van der Waals surface area contributed by atoms with Crippen LogP contribution in [0.15, 0.2) is 60.0 Å². The smallest absolute Gasteiger partial charge is 0.271 e. The van der Waals surface area contributed by atoms with Crippen molar-refractivity contribution >= 4 is 33.9 Å². The normalized spacial score (nSPS) is 10.7. The van der Waals surface area contributed by atoms with Crippen molar-refractivity contribution in [2.24, 2.45) is 0 Å². The van der Waals surface area contributed by atoms with E-state index in [9.17, 15) is 4.79 Å². The lowest BCUT2D eigenvalue weighted by atomic mass is 10.0. The first-order chi connectivity index (χ1) is 13.2. The number of anilines is 1. The minimum Gasteiger partial charge on any atom is -0.297 e. The molecule has 5 nitrogen and oxygen atoms in total. The van der Waals surface area contributed by atoms with Crippen LogP contribution in [0.25, 0.3) is 11.3 Å². The molecule has 0 saturated heterocycles. The lowest BCUT2D eigenvalue weighted by Gasteiger charge is -2.03. The average Bonchev–Trinajstić information content (AvgIpc) is 3.32. The monoisotopic (exact) mass is 392 g/mol. The molecule has 0 radical (unpaired) electrons. The number of aromatic nitrogens is 3. The summed E-state index contributed by atoms with van der Waals surface area (Å²) >= 11 is 2.49. The number of carbonyl (C=O) groups excluding carboxylic acids is 1. The number of thiazole rings is 1. The zero-order chi connectivity index (χ0) is 18.6. The van der Waals surface area contributed by atoms with E-state index in [0.29, 0.717) is 15.7 Å². The maximum absolute atomic E-state index is 12.2. The van der Waals surface area contributed by atoms with Crippen LogP contribution in [0.2, 0.25) is 0 Å². The van der Waals surface area contributed by atoms with Gasteiger partial charge in [0.1, 0.15) is 4.88 Å². The Balaban J connectivity index is 1.45. The van der Waals surface area contributed by atoms with Crippen molar-refractivity contribution in [2.75, 3.05) is 5.32 Å². The standard InChI is InChI=1S/C20H16N4OS2/c1-13-18(27-24-23-13)19(25)22-20-21-17(12-26-20)16-9-7-15(8-10-16)11-14-5-3-2-4-6-14/h2-10,12H,11H2,1H3,(H,21,22,25). The first-order valence-corrected chi connectivity index (χ1v) is 10.0. The number of rotatable bonds is 5. The van der Waals surface area contributed by atoms with E-state index < -0.39 is 0 Å². The third-order valence-corrected chi connectivity index (χ3v) is 5.67. The van der Waals surface area contributed by atoms with E-state index in [-0.39, 0.29) is 5.91 Å². The summed E-state index contributed by atoms with van der Waals surface area (Å²) in [6.45, 7) is 1.77. The molecule has 0 atom stereocenters. The molecular weight excluding hydrogens is 376 g/mol.